The number of hydrogen-bond acceptors (Lipinski definition) is 2. The van der Waals surface area contributed by atoms with Gasteiger partial charge in [-0.25, -0.2) is 0 Å². The standard InChI is InChI=1S/C18H21NO/c1-2-19-18(15-8-5-11-20-15)17-14-10-9-12-6-3-4-7-13(12)16(14)17/h3-8,11,14,16-19H,2,9-10H2,1H3. The number of benzene rings is 1. The van der Waals surface area contributed by atoms with E-state index in [4.69, 9.17) is 4.42 Å². The van der Waals surface area contributed by atoms with Crippen LogP contribution in [0.1, 0.15) is 42.2 Å². The maximum atomic E-state index is 5.68. The lowest BCUT2D eigenvalue weighted by atomic mass is 9.92. The highest BCUT2D eigenvalue weighted by molar-refractivity contribution is 5.40. The van der Waals surface area contributed by atoms with Crippen LogP contribution >= 0.6 is 0 Å². The van der Waals surface area contributed by atoms with Crippen LogP contribution in [0.4, 0.5) is 0 Å². The highest BCUT2D eigenvalue weighted by Gasteiger charge is 2.57. The molecule has 2 heteroatoms. The Morgan fingerprint density at radius 2 is 2.15 bits per heavy atom. The van der Waals surface area contributed by atoms with Gasteiger partial charge in [0.05, 0.1) is 12.3 Å². The SMILES string of the molecule is CCNC(c1ccco1)C1C2CCc3ccccc3C21. The van der Waals surface area contributed by atoms with Gasteiger partial charge in [-0.05, 0) is 60.4 Å². The van der Waals surface area contributed by atoms with Gasteiger partial charge < -0.3 is 9.73 Å². The minimum Gasteiger partial charge on any atom is -0.468 e. The Morgan fingerprint density at radius 3 is 2.95 bits per heavy atom. The molecule has 0 radical (unpaired) electrons. The van der Waals surface area contributed by atoms with E-state index in [-0.39, 0.29) is 0 Å². The Morgan fingerprint density at radius 1 is 1.25 bits per heavy atom. The maximum Gasteiger partial charge on any atom is 0.120 e. The lowest BCUT2D eigenvalue weighted by Gasteiger charge is -2.16. The molecular formula is C18H21NO. The number of fused-ring (bicyclic) bond motifs is 3. The molecule has 4 unspecified atom stereocenters. The first-order valence-electron chi connectivity index (χ1n) is 7.74. The second-order valence-electron chi connectivity index (χ2n) is 6.06. The van der Waals surface area contributed by atoms with Gasteiger partial charge in [-0.1, -0.05) is 31.2 Å². The van der Waals surface area contributed by atoms with Crippen molar-refractivity contribution in [3.63, 3.8) is 0 Å². The van der Waals surface area contributed by atoms with Crippen LogP contribution in [0.3, 0.4) is 0 Å². The zero-order valence-corrected chi connectivity index (χ0v) is 11.9. The van der Waals surface area contributed by atoms with Gasteiger partial charge in [0.1, 0.15) is 5.76 Å². The topological polar surface area (TPSA) is 25.2 Å². The lowest BCUT2D eigenvalue weighted by Crippen LogP contribution is -2.23. The van der Waals surface area contributed by atoms with Gasteiger partial charge in [-0.2, -0.15) is 0 Å². The fourth-order valence-electron chi connectivity index (χ4n) is 4.19. The van der Waals surface area contributed by atoms with E-state index in [2.05, 4.69) is 42.6 Å². The third-order valence-electron chi connectivity index (χ3n) is 5.05. The first kappa shape index (κ1) is 12.2. The molecule has 4 atom stereocenters. The fourth-order valence-corrected chi connectivity index (χ4v) is 4.19. The number of hydrogen-bond donors (Lipinski definition) is 1. The van der Waals surface area contributed by atoms with E-state index >= 15 is 0 Å². The van der Waals surface area contributed by atoms with Gasteiger partial charge in [-0.3, -0.25) is 0 Å². The molecule has 2 nitrogen and oxygen atoms in total. The molecule has 20 heavy (non-hydrogen) atoms. The number of aryl methyl sites for hydroxylation is 1. The van der Waals surface area contributed by atoms with Crippen LogP contribution in [0, 0.1) is 11.8 Å². The Kier molecular flexibility index (Phi) is 2.92. The third kappa shape index (κ3) is 1.82. The van der Waals surface area contributed by atoms with E-state index < -0.39 is 0 Å². The predicted molar refractivity (Wildman–Crippen MR) is 79.6 cm³/mol. The molecule has 2 aliphatic carbocycles. The Balaban J connectivity index is 1.65. The zero-order chi connectivity index (χ0) is 13.5. The molecule has 104 valence electrons. The Labute approximate surface area is 120 Å². The lowest BCUT2D eigenvalue weighted by molar-refractivity contribution is 0.372. The summed E-state index contributed by atoms with van der Waals surface area (Å²) in [6.45, 7) is 3.17. The molecular weight excluding hydrogens is 246 g/mol. The van der Waals surface area contributed by atoms with Crippen LogP contribution in [0.2, 0.25) is 0 Å². The van der Waals surface area contributed by atoms with Crippen LogP contribution in [-0.2, 0) is 6.42 Å². The van der Waals surface area contributed by atoms with Gasteiger partial charge in [0, 0.05) is 0 Å². The van der Waals surface area contributed by atoms with Crippen LogP contribution in [-0.4, -0.2) is 6.54 Å². The van der Waals surface area contributed by atoms with Crippen molar-refractivity contribution in [3.05, 3.63) is 59.5 Å². The molecule has 1 heterocycles. The molecule has 1 fully saturated rings. The summed E-state index contributed by atoms with van der Waals surface area (Å²) in [5.41, 5.74) is 3.15. The molecule has 1 aromatic heterocycles. The summed E-state index contributed by atoms with van der Waals surface area (Å²) >= 11 is 0. The van der Waals surface area contributed by atoms with Gasteiger partial charge in [0.2, 0.25) is 0 Å². The van der Waals surface area contributed by atoms with Gasteiger partial charge in [-0.15, -0.1) is 0 Å². The van der Waals surface area contributed by atoms with Crippen molar-refractivity contribution in [3.8, 4) is 0 Å². The summed E-state index contributed by atoms with van der Waals surface area (Å²) in [7, 11) is 0. The van der Waals surface area contributed by atoms with Crippen molar-refractivity contribution in [2.75, 3.05) is 6.54 Å². The molecule has 1 aromatic carbocycles. The molecule has 0 saturated heterocycles. The molecule has 1 N–H and O–H groups in total. The Hall–Kier alpha value is -1.54. The summed E-state index contributed by atoms with van der Waals surface area (Å²) < 4.78 is 5.68. The van der Waals surface area contributed by atoms with Crippen molar-refractivity contribution in [1.29, 1.82) is 0 Å². The molecule has 4 rings (SSSR count). The second-order valence-corrected chi connectivity index (χ2v) is 6.06. The minimum absolute atomic E-state index is 0.371. The summed E-state index contributed by atoms with van der Waals surface area (Å²) in [6, 6.07) is 13.5. The molecule has 0 amide bonds. The summed E-state index contributed by atoms with van der Waals surface area (Å²) in [5.74, 6) is 3.36. The molecule has 0 bridgehead atoms. The first-order valence-corrected chi connectivity index (χ1v) is 7.74. The zero-order valence-electron chi connectivity index (χ0n) is 11.9. The monoisotopic (exact) mass is 267 g/mol. The van der Waals surface area contributed by atoms with Crippen molar-refractivity contribution in [1.82, 2.24) is 5.32 Å². The number of rotatable bonds is 4. The van der Waals surface area contributed by atoms with Crippen molar-refractivity contribution in [2.45, 2.75) is 31.7 Å². The average Bonchev–Trinajstić information content (AvgIpc) is 2.96. The largest absolute Gasteiger partial charge is 0.468 e. The smallest absolute Gasteiger partial charge is 0.120 e. The molecule has 0 spiro atoms. The summed E-state index contributed by atoms with van der Waals surface area (Å²) in [4.78, 5) is 0. The van der Waals surface area contributed by atoms with Crippen LogP contribution < -0.4 is 5.32 Å². The van der Waals surface area contributed by atoms with Crippen LogP contribution in [0.5, 0.6) is 0 Å². The van der Waals surface area contributed by atoms with E-state index in [1.54, 1.807) is 17.4 Å². The van der Waals surface area contributed by atoms with Crippen molar-refractivity contribution in [2.24, 2.45) is 11.8 Å². The minimum atomic E-state index is 0.371. The normalized spacial score (nSPS) is 28.6. The van der Waals surface area contributed by atoms with Crippen molar-refractivity contribution < 1.29 is 4.42 Å². The van der Waals surface area contributed by atoms with Crippen LogP contribution in [0.15, 0.2) is 47.1 Å². The maximum absolute atomic E-state index is 5.68. The summed E-state index contributed by atoms with van der Waals surface area (Å²) in [6.07, 6.45) is 4.36. The van der Waals surface area contributed by atoms with Gasteiger partial charge in [0.25, 0.3) is 0 Å². The molecule has 1 saturated carbocycles. The van der Waals surface area contributed by atoms with E-state index in [9.17, 15) is 0 Å². The molecule has 2 aliphatic rings. The van der Waals surface area contributed by atoms with E-state index in [1.807, 2.05) is 6.07 Å². The van der Waals surface area contributed by atoms with E-state index in [1.165, 1.54) is 12.8 Å². The Bertz CT molecular complexity index is 589. The summed E-state index contributed by atoms with van der Waals surface area (Å²) in [5, 5.41) is 3.64. The van der Waals surface area contributed by atoms with Gasteiger partial charge in [0.15, 0.2) is 0 Å². The van der Waals surface area contributed by atoms with Gasteiger partial charge >= 0.3 is 0 Å². The molecule has 2 aromatic rings. The second kappa shape index (κ2) is 4.78. The van der Waals surface area contributed by atoms with Crippen molar-refractivity contribution >= 4 is 0 Å². The first-order chi connectivity index (χ1) is 9.90. The molecule has 0 aliphatic heterocycles. The highest BCUT2D eigenvalue weighted by Crippen LogP contribution is 2.64. The number of nitrogens with one attached hydrogen (secondary N) is 1. The van der Waals surface area contributed by atoms with E-state index in [0.717, 1.165) is 24.1 Å². The van der Waals surface area contributed by atoms with E-state index in [0.29, 0.717) is 12.0 Å². The average molecular weight is 267 g/mol. The van der Waals surface area contributed by atoms with Crippen LogP contribution in [0.25, 0.3) is 0 Å². The number of furan rings is 1. The predicted octanol–water partition coefficient (Wildman–Crippen LogP) is 3.91. The fraction of sp³-hybridized carbons (Fsp3) is 0.444. The quantitative estimate of drug-likeness (QED) is 0.908. The highest BCUT2D eigenvalue weighted by atomic mass is 16.3. The third-order valence-corrected chi connectivity index (χ3v) is 5.05.